The fraction of sp³-hybridized carbons (Fsp3) is 0.235. The molecule has 2 amide bonds. The number of hydrogen-bond donors (Lipinski definition) is 1. The molecule has 0 aliphatic heterocycles. The number of methoxy groups -OCH3 is 1. The summed E-state index contributed by atoms with van der Waals surface area (Å²) in [4.78, 5) is 29.4. The lowest BCUT2D eigenvalue weighted by molar-refractivity contribution is -0.140. The van der Waals surface area contributed by atoms with Gasteiger partial charge >= 0.3 is 0 Å². The summed E-state index contributed by atoms with van der Waals surface area (Å²) in [6, 6.07) is 30.8. The van der Waals surface area contributed by atoms with Gasteiger partial charge in [0.15, 0.2) is 0 Å². The van der Waals surface area contributed by atoms with Crippen LogP contribution in [-0.4, -0.2) is 51.4 Å². The summed E-state index contributed by atoms with van der Waals surface area (Å²) in [5, 5.41) is 2.87. The molecule has 224 valence electrons. The second-order valence-electron chi connectivity index (χ2n) is 10.1. The molecule has 0 saturated heterocycles. The summed E-state index contributed by atoms with van der Waals surface area (Å²) < 4.78 is 34.3. The molecule has 0 heterocycles. The largest absolute Gasteiger partial charge is 0.497 e. The van der Waals surface area contributed by atoms with E-state index in [2.05, 4.69) is 5.32 Å². The number of nitrogens with zero attached hydrogens (tertiary/aromatic N) is 2. The number of carbonyl (C=O) groups excluding carboxylic acids is 2. The van der Waals surface area contributed by atoms with Crippen LogP contribution in [0.1, 0.15) is 23.6 Å². The number of ether oxygens (including phenoxy) is 1. The van der Waals surface area contributed by atoms with Crippen molar-refractivity contribution in [3.8, 4) is 5.75 Å². The highest BCUT2D eigenvalue weighted by Gasteiger charge is 2.34. The first kappa shape index (κ1) is 31.3. The van der Waals surface area contributed by atoms with Crippen LogP contribution < -0.4 is 14.4 Å². The average molecular weight is 600 g/mol. The molecule has 4 aromatic carbocycles. The van der Waals surface area contributed by atoms with Crippen LogP contribution in [0.5, 0.6) is 5.75 Å². The number of amides is 2. The minimum atomic E-state index is -4.17. The maximum atomic E-state index is 14.4. The predicted molar refractivity (Wildman–Crippen MR) is 168 cm³/mol. The van der Waals surface area contributed by atoms with Gasteiger partial charge in [-0.1, -0.05) is 78.4 Å². The van der Waals surface area contributed by atoms with Gasteiger partial charge in [-0.3, -0.25) is 13.9 Å². The molecule has 4 rings (SSSR count). The number of carbonyl (C=O) groups is 2. The van der Waals surface area contributed by atoms with Crippen LogP contribution in [-0.2, 0) is 32.6 Å². The van der Waals surface area contributed by atoms with Crippen LogP contribution >= 0.6 is 0 Å². The number of anilines is 1. The van der Waals surface area contributed by atoms with Gasteiger partial charge < -0.3 is 15.0 Å². The number of hydrogen-bond acceptors (Lipinski definition) is 5. The maximum absolute atomic E-state index is 14.4. The average Bonchev–Trinajstić information content (AvgIpc) is 3.02. The maximum Gasteiger partial charge on any atom is 0.264 e. The van der Waals surface area contributed by atoms with E-state index in [0.717, 1.165) is 21.0 Å². The highest BCUT2D eigenvalue weighted by molar-refractivity contribution is 7.92. The Hall–Kier alpha value is -4.63. The predicted octanol–water partition coefficient (Wildman–Crippen LogP) is 4.98. The smallest absolute Gasteiger partial charge is 0.264 e. The summed E-state index contributed by atoms with van der Waals surface area (Å²) in [5.41, 5.74) is 3.06. The number of aryl methyl sites for hydroxylation is 1. The van der Waals surface area contributed by atoms with Crippen LogP contribution in [0.4, 0.5) is 5.69 Å². The minimum Gasteiger partial charge on any atom is -0.497 e. The number of sulfonamides is 1. The number of likely N-dealkylation sites (N-methyl/N-ethyl adjacent to an activating group) is 1. The fourth-order valence-electron chi connectivity index (χ4n) is 4.85. The molecule has 1 N–H and O–H groups in total. The zero-order chi connectivity index (χ0) is 30.8. The number of para-hydroxylation sites is 1. The Bertz CT molecular complexity index is 1610. The van der Waals surface area contributed by atoms with Crippen LogP contribution in [0.25, 0.3) is 0 Å². The van der Waals surface area contributed by atoms with E-state index in [1.807, 2.05) is 68.4 Å². The molecule has 8 nitrogen and oxygen atoms in total. The molecule has 0 bridgehead atoms. The third-order valence-corrected chi connectivity index (χ3v) is 8.82. The van der Waals surface area contributed by atoms with Gasteiger partial charge in [-0.2, -0.15) is 0 Å². The van der Waals surface area contributed by atoms with E-state index in [1.54, 1.807) is 42.5 Å². The molecule has 0 fully saturated rings. The Kier molecular flexibility index (Phi) is 10.6. The van der Waals surface area contributed by atoms with Gasteiger partial charge in [0, 0.05) is 19.5 Å². The van der Waals surface area contributed by atoms with Crippen LogP contribution in [0.3, 0.4) is 0 Å². The third kappa shape index (κ3) is 8.02. The topological polar surface area (TPSA) is 96.0 Å². The third-order valence-electron chi connectivity index (χ3n) is 7.03. The number of benzene rings is 4. The van der Waals surface area contributed by atoms with E-state index in [-0.39, 0.29) is 23.8 Å². The molecule has 9 heteroatoms. The van der Waals surface area contributed by atoms with Crippen molar-refractivity contribution in [2.45, 2.75) is 37.8 Å². The Morgan fingerprint density at radius 2 is 1.47 bits per heavy atom. The summed E-state index contributed by atoms with van der Waals surface area (Å²) in [7, 11) is -2.67. The Balaban J connectivity index is 1.77. The molecule has 0 saturated carbocycles. The van der Waals surface area contributed by atoms with Crippen molar-refractivity contribution in [1.29, 1.82) is 0 Å². The lowest BCUT2D eigenvalue weighted by atomic mass is 10.0. The second-order valence-corrected chi connectivity index (χ2v) is 12.0. The summed E-state index contributed by atoms with van der Waals surface area (Å²) in [6.07, 6.45) is 0.265. The fourth-order valence-corrected chi connectivity index (χ4v) is 6.27. The number of nitrogens with one attached hydrogen (secondary N) is 1. The van der Waals surface area contributed by atoms with Crippen LogP contribution in [0.15, 0.2) is 114 Å². The molecule has 0 aliphatic carbocycles. The Morgan fingerprint density at radius 3 is 2.07 bits per heavy atom. The summed E-state index contributed by atoms with van der Waals surface area (Å²) in [5.74, 6) is -0.303. The van der Waals surface area contributed by atoms with Gasteiger partial charge in [0.2, 0.25) is 11.8 Å². The van der Waals surface area contributed by atoms with E-state index in [1.165, 1.54) is 24.1 Å². The van der Waals surface area contributed by atoms with Gasteiger partial charge in [0.25, 0.3) is 10.0 Å². The number of rotatable bonds is 13. The molecule has 0 aliphatic rings. The van der Waals surface area contributed by atoms with Crippen molar-refractivity contribution in [3.63, 3.8) is 0 Å². The van der Waals surface area contributed by atoms with E-state index < -0.39 is 28.5 Å². The molecule has 0 spiro atoms. The zero-order valence-corrected chi connectivity index (χ0v) is 25.5. The van der Waals surface area contributed by atoms with Crippen molar-refractivity contribution >= 4 is 27.5 Å². The molecule has 4 aromatic rings. The SMILES string of the molecule is CCNC(=O)C(Cc1ccccc1)N(Cc1cccc(C)c1)C(=O)CN(c1ccccc1)S(=O)(=O)c1ccc(OC)cc1. The van der Waals surface area contributed by atoms with Crippen molar-refractivity contribution < 1.29 is 22.7 Å². The van der Waals surface area contributed by atoms with Gasteiger partial charge in [-0.05, 0) is 61.4 Å². The Labute approximate surface area is 254 Å². The molecule has 1 atom stereocenters. The first-order chi connectivity index (χ1) is 20.7. The van der Waals surface area contributed by atoms with Crippen molar-refractivity contribution in [3.05, 3.63) is 126 Å². The summed E-state index contributed by atoms with van der Waals surface area (Å²) >= 11 is 0. The van der Waals surface area contributed by atoms with E-state index in [9.17, 15) is 18.0 Å². The van der Waals surface area contributed by atoms with E-state index >= 15 is 0 Å². The molecular formula is C34H37N3O5S. The van der Waals surface area contributed by atoms with Gasteiger partial charge in [0.05, 0.1) is 17.7 Å². The molecule has 0 aromatic heterocycles. The van der Waals surface area contributed by atoms with Crippen molar-refractivity contribution in [2.75, 3.05) is 24.5 Å². The highest BCUT2D eigenvalue weighted by atomic mass is 32.2. The van der Waals surface area contributed by atoms with E-state index in [4.69, 9.17) is 4.74 Å². The summed E-state index contributed by atoms with van der Waals surface area (Å²) in [6.45, 7) is 3.79. The quantitative estimate of drug-likeness (QED) is 0.234. The lowest BCUT2D eigenvalue weighted by Crippen LogP contribution is -2.53. The molecule has 43 heavy (non-hydrogen) atoms. The standard InChI is InChI=1S/C34H37N3O5S/c1-4-35-34(39)32(23-27-13-7-5-8-14-27)36(24-28-15-11-12-26(2)22-28)33(38)25-37(29-16-9-6-10-17-29)43(40,41)31-20-18-30(42-3)19-21-31/h5-22,32H,4,23-25H2,1-3H3,(H,35,39). The minimum absolute atomic E-state index is 0.0137. The first-order valence-electron chi connectivity index (χ1n) is 14.1. The Morgan fingerprint density at radius 1 is 0.837 bits per heavy atom. The molecular weight excluding hydrogens is 562 g/mol. The second kappa shape index (κ2) is 14.5. The molecule has 0 radical (unpaired) electrons. The highest BCUT2D eigenvalue weighted by Crippen LogP contribution is 2.26. The van der Waals surface area contributed by atoms with Crippen LogP contribution in [0.2, 0.25) is 0 Å². The zero-order valence-electron chi connectivity index (χ0n) is 24.6. The van der Waals surface area contributed by atoms with E-state index in [0.29, 0.717) is 18.0 Å². The van der Waals surface area contributed by atoms with Gasteiger partial charge in [0.1, 0.15) is 18.3 Å². The van der Waals surface area contributed by atoms with Gasteiger partial charge in [-0.25, -0.2) is 8.42 Å². The van der Waals surface area contributed by atoms with Gasteiger partial charge in [-0.15, -0.1) is 0 Å². The van der Waals surface area contributed by atoms with Crippen LogP contribution in [0, 0.1) is 6.92 Å². The first-order valence-corrected chi connectivity index (χ1v) is 15.6. The van der Waals surface area contributed by atoms with Crippen molar-refractivity contribution in [1.82, 2.24) is 10.2 Å². The molecule has 1 unspecified atom stereocenters. The van der Waals surface area contributed by atoms with Crippen molar-refractivity contribution in [2.24, 2.45) is 0 Å². The monoisotopic (exact) mass is 599 g/mol. The normalized spacial score (nSPS) is 11.8. The lowest BCUT2D eigenvalue weighted by Gasteiger charge is -2.34.